The monoisotopic (exact) mass is 279 g/mol. The molecular formula is C14H17NO3S. The van der Waals surface area contributed by atoms with Crippen molar-refractivity contribution in [2.75, 3.05) is 6.61 Å². The normalized spacial score (nSPS) is 13.6. The van der Waals surface area contributed by atoms with Crippen molar-refractivity contribution in [3.63, 3.8) is 0 Å². The highest BCUT2D eigenvalue weighted by Gasteiger charge is 2.20. The van der Waals surface area contributed by atoms with Crippen LogP contribution in [0.2, 0.25) is 0 Å². The highest BCUT2D eigenvalue weighted by Crippen LogP contribution is 2.22. The first-order valence-corrected chi connectivity index (χ1v) is 7.67. The molecule has 0 fully saturated rings. The van der Waals surface area contributed by atoms with Gasteiger partial charge in [-0.1, -0.05) is 43.3 Å². The van der Waals surface area contributed by atoms with Gasteiger partial charge in [0.2, 0.25) is 10.0 Å². The third-order valence-electron chi connectivity index (χ3n) is 3.07. The third-order valence-corrected chi connectivity index (χ3v) is 4.65. The summed E-state index contributed by atoms with van der Waals surface area (Å²) >= 11 is 0. The number of hydrogen-bond acceptors (Lipinski definition) is 3. The van der Waals surface area contributed by atoms with Crippen molar-refractivity contribution in [3.8, 4) is 0 Å². The van der Waals surface area contributed by atoms with Crippen molar-refractivity contribution in [1.82, 2.24) is 4.72 Å². The molecule has 0 aliphatic rings. The van der Waals surface area contributed by atoms with E-state index in [0.717, 1.165) is 5.39 Å². The minimum absolute atomic E-state index is 0.208. The standard InChI is InChI=1S/C14H17NO3S/c1-2-12(10-16)15-19(17,18)14-9-5-7-11-6-3-4-8-13(11)14/h3-9,12,15-16H,2,10H2,1H3/t12-/m0/s1. The maximum atomic E-state index is 12.4. The number of benzene rings is 2. The second kappa shape index (κ2) is 5.69. The minimum Gasteiger partial charge on any atom is -0.395 e. The van der Waals surface area contributed by atoms with Crippen LogP contribution < -0.4 is 4.72 Å². The van der Waals surface area contributed by atoms with E-state index in [1.807, 2.05) is 31.2 Å². The molecule has 0 spiro atoms. The second-order valence-electron chi connectivity index (χ2n) is 4.39. The lowest BCUT2D eigenvalue weighted by Crippen LogP contribution is -2.36. The zero-order valence-corrected chi connectivity index (χ0v) is 11.5. The van der Waals surface area contributed by atoms with Crippen LogP contribution in [0.3, 0.4) is 0 Å². The summed E-state index contributed by atoms with van der Waals surface area (Å²) in [5.41, 5.74) is 0. The Morgan fingerprint density at radius 1 is 1.16 bits per heavy atom. The molecule has 0 radical (unpaired) electrons. The fourth-order valence-corrected chi connectivity index (χ4v) is 3.50. The van der Waals surface area contributed by atoms with Gasteiger partial charge in [0.25, 0.3) is 0 Å². The molecule has 0 unspecified atom stereocenters. The van der Waals surface area contributed by atoms with Gasteiger partial charge in [-0.3, -0.25) is 0 Å². The lowest BCUT2D eigenvalue weighted by atomic mass is 10.1. The lowest BCUT2D eigenvalue weighted by molar-refractivity contribution is 0.254. The summed E-state index contributed by atoms with van der Waals surface area (Å²) in [5.74, 6) is 0. The molecule has 2 N–H and O–H groups in total. The van der Waals surface area contributed by atoms with E-state index in [-0.39, 0.29) is 11.5 Å². The van der Waals surface area contributed by atoms with Gasteiger partial charge in [-0.05, 0) is 17.9 Å². The van der Waals surface area contributed by atoms with E-state index < -0.39 is 16.1 Å². The molecular weight excluding hydrogens is 262 g/mol. The molecule has 5 heteroatoms. The molecule has 0 aromatic heterocycles. The van der Waals surface area contributed by atoms with Crippen molar-refractivity contribution in [1.29, 1.82) is 0 Å². The topological polar surface area (TPSA) is 66.4 Å². The fourth-order valence-electron chi connectivity index (χ4n) is 1.96. The smallest absolute Gasteiger partial charge is 0.241 e. The van der Waals surface area contributed by atoms with E-state index in [9.17, 15) is 8.42 Å². The van der Waals surface area contributed by atoms with Gasteiger partial charge in [-0.25, -0.2) is 13.1 Å². The van der Waals surface area contributed by atoms with Crippen molar-refractivity contribution in [2.24, 2.45) is 0 Å². The summed E-state index contributed by atoms with van der Waals surface area (Å²) in [4.78, 5) is 0.248. The summed E-state index contributed by atoms with van der Waals surface area (Å²) in [7, 11) is -3.62. The van der Waals surface area contributed by atoms with E-state index in [1.165, 1.54) is 0 Å². The SMILES string of the molecule is CC[C@@H](CO)NS(=O)(=O)c1cccc2ccccc12. The van der Waals surface area contributed by atoms with Gasteiger partial charge >= 0.3 is 0 Å². The quantitative estimate of drug-likeness (QED) is 0.878. The van der Waals surface area contributed by atoms with Gasteiger partial charge in [-0.15, -0.1) is 0 Å². The summed E-state index contributed by atoms with van der Waals surface area (Å²) in [6.45, 7) is 1.62. The average molecular weight is 279 g/mol. The summed E-state index contributed by atoms with van der Waals surface area (Å²) in [5, 5.41) is 10.7. The molecule has 1 atom stereocenters. The van der Waals surface area contributed by atoms with E-state index in [0.29, 0.717) is 11.8 Å². The van der Waals surface area contributed by atoms with Crippen LogP contribution in [0.5, 0.6) is 0 Å². The molecule has 102 valence electrons. The number of nitrogens with one attached hydrogen (secondary N) is 1. The van der Waals surface area contributed by atoms with Gasteiger partial charge in [-0.2, -0.15) is 0 Å². The third kappa shape index (κ3) is 2.94. The van der Waals surface area contributed by atoms with Crippen molar-refractivity contribution < 1.29 is 13.5 Å². The van der Waals surface area contributed by atoms with Gasteiger partial charge in [0, 0.05) is 11.4 Å². The Bertz CT molecular complexity index is 658. The Balaban J connectivity index is 2.49. The van der Waals surface area contributed by atoms with Gasteiger partial charge < -0.3 is 5.11 Å². The molecule has 0 amide bonds. The van der Waals surface area contributed by atoms with Crippen LogP contribution in [0.25, 0.3) is 10.8 Å². The first-order chi connectivity index (χ1) is 9.08. The zero-order chi connectivity index (χ0) is 13.9. The van der Waals surface area contributed by atoms with Gasteiger partial charge in [0.15, 0.2) is 0 Å². The Labute approximate surface area is 113 Å². The number of aliphatic hydroxyl groups excluding tert-OH is 1. The molecule has 0 heterocycles. The highest BCUT2D eigenvalue weighted by atomic mass is 32.2. The van der Waals surface area contributed by atoms with Crippen molar-refractivity contribution in [2.45, 2.75) is 24.3 Å². The summed E-state index contributed by atoms with van der Waals surface area (Å²) in [6.07, 6.45) is 0.542. The van der Waals surface area contributed by atoms with Crippen LogP contribution >= 0.6 is 0 Å². The van der Waals surface area contributed by atoms with Gasteiger partial charge in [0.05, 0.1) is 11.5 Å². The second-order valence-corrected chi connectivity index (χ2v) is 6.07. The molecule has 0 aliphatic heterocycles. The molecule has 0 saturated carbocycles. The lowest BCUT2D eigenvalue weighted by Gasteiger charge is -2.15. The first-order valence-electron chi connectivity index (χ1n) is 6.19. The van der Waals surface area contributed by atoms with Crippen molar-refractivity contribution >= 4 is 20.8 Å². The van der Waals surface area contributed by atoms with Crippen molar-refractivity contribution in [3.05, 3.63) is 42.5 Å². The Kier molecular flexibility index (Phi) is 4.19. The summed E-state index contributed by atoms with van der Waals surface area (Å²) < 4.78 is 27.2. The average Bonchev–Trinajstić information content (AvgIpc) is 2.44. The predicted octanol–water partition coefficient (Wildman–Crippen LogP) is 1.89. The van der Waals surface area contributed by atoms with Crippen LogP contribution in [0.15, 0.2) is 47.4 Å². The van der Waals surface area contributed by atoms with Crippen LogP contribution in [0.4, 0.5) is 0 Å². The predicted molar refractivity (Wildman–Crippen MR) is 75.4 cm³/mol. The van der Waals surface area contributed by atoms with Crippen LogP contribution in [-0.4, -0.2) is 26.2 Å². The maximum absolute atomic E-state index is 12.4. The highest BCUT2D eigenvalue weighted by molar-refractivity contribution is 7.89. The van der Waals surface area contributed by atoms with Gasteiger partial charge in [0.1, 0.15) is 0 Å². The molecule has 2 aromatic rings. The molecule has 2 rings (SSSR count). The largest absolute Gasteiger partial charge is 0.395 e. The van der Waals surface area contributed by atoms with E-state index >= 15 is 0 Å². The number of hydrogen-bond donors (Lipinski definition) is 2. The molecule has 0 aliphatic carbocycles. The van der Waals surface area contributed by atoms with Crippen LogP contribution in [0, 0.1) is 0 Å². The minimum atomic E-state index is -3.62. The number of aliphatic hydroxyl groups is 1. The molecule has 2 aromatic carbocycles. The van der Waals surface area contributed by atoms with E-state index in [1.54, 1.807) is 18.2 Å². The maximum Gasteiger partial charge on any atom is 0.241 e. The molecule has 19 heavy (non-hydrogen) atoms. The Hall–Kier alpha value is -1.43. The van der Waals surface area contributed by atoms with E-state index in [4.69, 9.17) is 5.11 Å². The number of fused-ring (bicyclic) bond motifs is 1. The van der Waals surface area contributed by atoms with Crippen LogP contribution in [0.1, 0.15) is 13.3 Å². The number of rotatable bonds is 5. The Morgan fingerprint density at radius 3 is 2.53 bits per heavy atom. The van der Waals surface area contributed by atoms with Crippen LogP contribution in [-0.2, 0) is 10.0 Å². The molecule has 0 saturated heterocycles. The van der Waals surface area contributed by atoms with E-state index in [2.05, 4.69) is 4.72 Å². The molecule has 0 bridgehead atoms. The first kappa shape index (κ1) is 14.0. The molecule has 4 nitrogen and oxygen atoms in total. The summed E-state index contributed by atoms with van der Waals surface area (Å²) in [6, 6.07) is 12.0. The zero-order valence-electron chi connectivity index (χ0n) is 10.7. The fraction of sp³-hybridized carbons (Fsp3) is 0.286. The number of sulfonamides is 1. The Morgan fingerprint density at radius 2 is 1.84 bits per heavy atom.